The van der Waals surface area contributed by atoms with Crippen molar-refractivity contribution in [2.24, 2.45) is 0 Å². The second-order valence-corrected chi connectivity index (χ2v) is 5.49. The number of nitrogens with one attached hydrogen (secondary N) is 1. The fourth-order valence-corrected chi connectivity index (χ4v) is 2.65. The fraction of sp³-hybridized carbons (Fsp3) is 0.333. The van der Waals surface area contributed by atoms with Crippen LogP contribution < -0.4 is 5.32 Å². The van der Waals surface area contributed by atoms with Crippen LogP contribution in [0.15, 0.2) is 46.7 Å². The fourth-order valence-electron chi connectivity index (χ4n) is 1.79. The molecule has 0 saturated heterocycles. The Morgan fingerprint density at radius 3 is 2.95 bits per heavy atom. The Labute approximate surface area is 124 Å². The molecule has 0 aliphatic carbocycles. The zero-order chi connectivity index (χ0) is 14.2. The number of hydrogen-bond acceptors (Lipinski definition) is 5. The van der Waals surface area contributed by atoms with Crippen molar-refractivity contribution in [3.63, 3.8) is 0 Å². The highest BCUT2D eigenvalue weighted by Crippen LogP contribution is 2.29. The standard InChI is InChI=1S/C15H19N3OS/c1-12-3-4-14(20-15-5-6-17-11-18-15)13(9-12)10-16-7-8-19-2/h3-6,9,11,16H,7-8,10H2,1-2H3. The van der Waals surface area contributed by atoms with E-state index in [-0.39, 0.29) is 0 Å². The van der Waals surface area contributed by atoms with Gasteiger partial charge in [0.2, 0.25) is 0 Å². The lowest BCUT2D eigenvalue weighted by Crippen LogP contribution is -2.19. The van der Waals surface area contributed by atoms with Crippen molar-refractivity contribution in [2.75, 3.05) is 20.3 Å². The Bertz CT molecular complexity index is 534. The molecule has 0 fully saturated rings. The van der Waals surface area contributed by atoms with Crippen molar-refractivity contribution in [3.8, 4) is 0 Å². The van der Waals surface area contributed by atoms with Crippen LogP contribution in [0, 0.1) is 6.92 Å². The topological polar surface area (TPSA) is 47.0 Å². The lowest BCUT2D eigenvalue weighted by molar-refractivity contribution is 0.199. The molecule has 0 aliphatic heterocycles. The minimum atomic E-state index is 0.722. The van der Waals surface area contributed by atoms with Crippen molar-refractivity contribution in [1.29, 1.82) is 0 Å². The van der Waals surface area contributed by atoms with E-state index in [1.165, 1.54) is 16.0 Å². The molecular weight excluding hydrogens is 270 g/mol. The predicted octanol–water partition coefficient (Wildman–Crippen LogP) is 2.67. The molecule has 0 radical (unpaired) electrons. The molecule has 20 heavy (non-hydrogen) atoms. The second-order valence-electron chi connectivity index (χ2n) is 4.43. The molecule has 1 aromatic heterocycles. The molecule has 0 atom stereocenters. The van der Waals surface area contributed by atoms with Gasteiger partial charge in [0, 0.05) is 31.3 Å². The van der Waals surface area contributed by atoms with Gasteiger partial charge in [-0.15, -0.1) is 0 Å². The van der Waals surface area contributed by atoms with Crippen LogP contribution in [-0.4, -0.2) is 30.2 Å². The molecule has 1 aromatic carbocycles. The van der Waals surface area contributed by atoms with Gasteiger partial charge in [0.15, 0.2) is 0 Å². The maximum atomic E-state index is 5.04. The van der Waals surface area contributed by atoms with Gasteiger partial charge >= 0.3 is 0 Å². The number of aromatic nitrogens is 2. The van der Waals surface area contributed by atoms with Crippen LogP contribution in [0.5, 0.6) is 0 Å². The Morgan fingerprint density at radius 1 is 1.30 bits per heavy atom. The lowest BCUT2D eigenvalue weighted by Gasteiger charge is -2.11. The number of hydrogen-bond donors (Lipinski definition) is 1. The Kier molecular flexibility index (Phi) is 5.98. The van der Waals surface area contributed by atoms with Gasteiger partial charge in [-0.3, -0.25) is 0 Å². The Balaban J connectivity index is 2.07. The van der Waals surface area contributed by atoms with Crippen LogP contribution in [0.3, 0.4) is 0 Å². The van der Waals surface area contributed by atoms with Gasteiger partial charge in [-0.25, -0.2) is 9.97 Å². The number of methoxy groups -OCH3 is 1. The van der Waals surface area contributed by atoms with Gasteiger partial charge < -0.3 is 10.1 Å². The summed E-state index contributed by atoms with van der Waals surface area (Å²) in [6.07, 6.45) is 3.34. The number of benzene rings is 1. The molecule has 5 heteroatoms. The maximum absolute atomic E-state index is 5.04. The number of ether oxygens (including phenoxy) is 1. The third-order valence-corrected chi connectivity index (χ3v) is 3.85. The summed E-state index contributed by atoms with van der Waals surface area (Å²) in [5.41, 5.74) is 2.55. The maximum Gasteiger partial charge on any atom is 0.116 e. The minimum Gasteiger partial charge on any atom is -0.383 e. The average molecular weight is 289 g/mol. The predicted molar refractivity (Wildman–Crippen MR) is 80.9 cm³/mol. The summed E-state index contributed by atoms with van der Waals surface area (Å²) in [5, 5.41) is 4.35. The number of nitrogens with zero attached hydrogens (tertiary/aromatic N) is 2. The quantitative estimate of drug-likeness (QED) is 0.627. The van der Waals surface area contributed by atoms with E-state index in [9.17, 15) is 0 Å². The van der Waals surface area contributed by atoms with Crippen LogP contribution in [0.2, 0.25) is 0 Å². The molecule has 0 unspecified atom stereocenters. The first kappa shape index (κ1) is 15.0. The van der Waals surface area contributed by atoms with E-state index in [1.54, 1.807) is 31.4 Å². The van der Waals surface area contributed by atoms with Crippen molar-refractivity contribution in [3.05, 3.63) is 47.9 Å². The van der Waals surface area contributed by atoms with E-state index in [0.717, 1.165) is 24.7 Å². The first-order valence-electron chi connectivity index (χ1n) is 6.52. The SMILES string of the molecule is COCCNCc1cc(C)ccc1Sc1ccncn1. The molecule has 1 heterocycles. The van der Waals surface area contributed by atoms with Crippen LogP contribution in [0.1, 0.15) is 11.1 Å². The van der Waals surface area contributed by atoms with Crippen molar-refractivity contribution >= 4 is 11.8 Å². The molecule has 0 aliphatic rings. The Hall–Kier alpha value is -1.43. The highest BCUT2D eigenvalue weighted by molar-refractivity contribution is 7.99. The third kappa shape index (κ3) is 4.59. The van der Waals surface area contributed by atoms with Gasteiger partial charge in [-0.1, -0.05) is 29.5 Å². The van der Waals surface area contributed by atoms with Gasteiger partial charge in [-0.2, -0.15) is 0 Å². The molecule has 2 rings (SSSR count). The summed E-state index contributed by atoms with van der Waals surface area (Å²) in [7, 11) is 1.71. The van der Waals surface area contributed by atoms with Gasteiger partial charge in [-0.05, 0) is 24.6 Å². The van der Waals surface area contributed by atoms with Crippen LogP contribution in [0.4, 0.5) is 0 Å². The summed E-state index contributed by atoms with van der Waals surface area (Å²) < 4.78 is 5.04. The summed E-state index contributed by atoms with van der Waals surface area (Å²) in [6.45, 7) is 4.51. The third-order valence-electron chi connectivity index (χ3n) is 2.78. The molecule has 4 nitrogen and oxygen atoms in total. The molecule has 0 saturated carbocycles. The summed E-state index contributed by atoms with van der Waals surface area (Å²) in [4.78, 5) is 9.42. The van der Waals surface area contributed by atoms with E-state index in [1.807, 2.05) is 6.07 Å². The largest absolute Gasteiger partial charge is 0.383 e. The number of aryl methyl sites for hydroxylation is 1. The zero-order valence-electron chi connectivity index (χ0n) is 11.8. The number of rotatable bonds is 7. The molecule has 2 aromatic rings. The van der Waals surface area contributed by atoms with Crippen molar-refractivity contribution < 1.29 is 4.74 Å². The van der Waals surface area contributed by atoms with Crippen molar-refractivity contribution in [1.82, 2.24) is 15.3 Å². The van der Waals surface area contributed by atoms with Crippen LogP contribution >= 0.6 is 11.8 Å². The van der Waals surface area contributed by atoms with Gasteiger partial charge in [0.25, 0.3) is 0 Å². The molecule has 1 N–H and O–H groups in total. The highest BCUT2D eigenvalue weighted by Gasteiger charge is 2.05. The average Bonchev–Trinajstić information content (AvgIpc) is 2.47. The smallest absolute Gasteiger partial charge is 0.116 e. The zero-order valence-corrected chi connectivity index (χ0v) is 12.6. The summed E-state index contributed by atoms with van der Waals surface area (Å²) in [6, 6.07) is 8.41. The minimum absolute atomic E-state index is 0.722. The van der Waals surface area contributed by atoms with E-state index in [0.29, 0.717) is 0 Å². The normalized spacial score (nSPS) is 10.7. The van der Waals surface area contributed by atoms with Crippen LogP contribution in [-0.2, 0) is 11.3 Å². The van der Waals surface area contributed by atoms with E-state index in [4.69, 9.17) is 4.74 Å². The van der Waals surface area contributed by atoms with Gasteiger partial charge in [0.1, 0.15) is 11.4 Å². The Morgan fingerprint density at radius 2 is 2.20 bits per heavy atom. The monoisotopic (exact) mass is 289 g/mol. The summed E-state index contributed by atoms with van der Waals surface area (Å²) >= 11 is 1.66. The molecular formula is C15H19N3OS. The summed E-state index contributed by atoms with van der Waals surface area (Å²) in [5.74, 6) is 0. The van der Waals surface area contributed by atoms with Crippen LogP contribution in [0.25, 0.3) is 0 Å². The van der Waals surface area contributed by atoms with Crippen molar-refractivity contribution in [2.45, 2.75) is 23.4 Å². The molecule has 0 amide bonds. The van der Waals surface area contributed by atoms with Gasteiger partial charge in [0.05, 0.1) is 6.61 Å². The second kappa shape index (κ2) is 7.99. The molecule has 0 bridgehead atoms. The van der Waals surface area contributed by atoms with E-state index >= 15 is 0 Å². The van der Waals surface area contributed by atoms with E-state index in [2.05, 4.69) is 40.4 Å². The highest BCUT2D eigenvalue weighted by atomic mass is 32.2. The first-order chi connectivity index (χ1) is 9.79. The lowest BCUT2D eigenvalue weighted by atomic mass is 10.1. The van der Waals surface area contributed by atoms with E-state index < -0.39 is 0 Å². The first-order valence-corrected chi connectivity index (χ1v) is 7.34. The molecule has 0 spiro atoms. The molecule has 106 valence electrons.